The maximum absolute atomic E-state index is 11.7. The highest BCUT2D eigenvalue weighted by molar-refractivity contribution is 5.73. The first-order valence-corrected chi connectivity index (χ1v) is 12.2. The lowest BCUT2D eigenvalue weighted by molar-refractivity contribution is -0.129. The van der Waals surface area contributed by atoms with E-state index in [1.807, 2.05) is 6.20 Å². The zero-order valence-electron chi connectivity index (χ0n) is 19.2. The third kappa shape index (κ3) is 2.91. The summed E-state index contributed by atoms with van der Waals surface area (Å²) < 4.78 is 0. The Hall–Kier alpha value is -1.64. The number of nitrogens with one attached hydrogen (secondary N) is 1. The molecule has 4 aliphatic carbocycles. The van der Waals surface area contributed by atoms with Crippen molar-refractivity contribution < 1.29 is 4.79 Å². The molecular formula is C27H38N2O. The number of nitrogens with zero attached hydrogens (tertiary/aromatic N) is 1. The number of hydrogen-bond donors (Lipinski definition) is 1. The van der Waals surface area contributed by atoms with E-state index in [0.717, 1.165) is 30.1 Å². The summed E-state index contributed by atoms with van der Waals surface area (Å²) in [7, 11) is 0. The molecule has 162 valence electrons. The van der Waals surface area contributed by atoms with Gasteiger partial charge in [-0.1, -0.05) is 32.9 Å². The second-order valence-corrected chi connectivity index (χ2v) is 11.3. The molecular weight excluding hydrogens is 368 g/mol. The van der Waals surface area contributed by atoms with Gasteiger partial charge in [-0.3, -0.25) is 9.78 Å². The first kappa shape index (κ1) is 20.3. The van der Waals surface area contributed by atoms with Crippen molar-refractivity contribution in [3.05, 3.63) is 36.2 Å². The Morgan fingerprint density at radius 2 is 1.93 bits per heavy atom. The lowest BCUT2D eigenvalue weighted by atomic mass is 9.43. The van der Waals surface area contributed by atoms with E-state index in [0.29, 0.717) is 22.8 Å². The predicted molar refractivity (Wildman–Crippen MR) is 121 cm³/mol. The fraction of sp³-hybridized carbons (Fsp3) is 0.704. The Kier molecular flexibility index (Phi) is 4.87. The van der Waals surface area contributed by atoms with Crippen LogP contribution < -0.4 is 5.32 Å². The molecule has 1 aromatic rings. The topological polar surface area (TPSA) is 42.0 Å². The number of rotatable bonds is 2. The molecule has 0 aromatic carbocycles. The molecule has 0 saturated heterocycles. The van der Waals surface area contributed by atoms with Crippen LogP contribution in [0.15, 0.2) is 30.6 Å². The van der Waals surface area contributed by atoms with E-state index < -0.39 is 0 Å². The molecule has 0 aliphatic heterocycles. The number of allylic oxidation sites excluding steroid dienone is 2. The molecule has 1 N–H and O–H groups in total. The zero-order chi connectivity index (χ0) is 21.1. The van der Waals surface area contributed by atoms with Crippen molar-refractivity contribution in [2.75, 3.05) is 0 Å². The van der Waals surface area contributed by atoms with Gasteiger partial charge in [0.1, 0.15) is 0 Å². The van der Waals surface area contributed by atoms with E-state index in [9.17, 15) is 4.79 Å². The van der Waals surface area contributed by atoms with Crippen molar-refractivity contribution in [2.45, 2.75) is 78.7 Å². The molecule has 3 saturated carbocycles. The van der Waals surface area contributed by atoms with Gasteiger partial charge in [-0.2, -0.15) is 0 Å². The van der Waals surface area contributed by atoms with E-state index in [2.05, 4.69) is 55.5 Å². The van der Waals surface area contributed by atoms with Crippen molar-refractivity contribution in [2.24, 2.45) is 40.4 Å². The number of pyridine rings is 1. The van der Waals surface area contributed by atoms with Crippen LogP contribution >= 0.6 is 0 Å². The Morgan fingerprint density at radius 1 is 1.10 bits per heavy atom. The van der Waals surface area contributed by atoms with Gasteiger partial charge in [0.25, 0.3) is 0 Å². The van der Waals surface area contributed by atoms with Crippen molar-refractivity contribution in [1.29, 1.82) is 0 Å². The lowest BCUT2D eigenvalue weighted by Gasteiger charge is -2.62. The third-order valence-corrected chi connectivity index (χ3v) is 10.1. The zero-order valence-corrected chi connectivity index (χ0v) is 19.2. The highest BCUT2D eigenvalue weighted by Crippen LogP contribution is 2.68. The summed E-state index contributed by atoms with van der Waals surface area (Å²) >= 11 is 0. The SMILES string of the molecule is CC(=O)NC1CC[C@@]2(C)C(CCC3C2CC[C@]2(C)C(c4cccnc4)=CCC32)C1C. The van der Waals surface area contributed by atoms with Crippen LogP contribution in [0.1, 0.15) is 78.2 Å². The highest BCUT2D eigenvalue weighted by Gasteiger charge is 2.59. The quantitative estimate of drug-likeness (QED) is 0.667. The van der Waals surface area contributed by atoms with E-state index in [1.54, 1.807) is 12.5 Å². The lowest BCUT2D eigenvalue weighted by Crippen LogP contribution is -2.58. The molecule has 3 fully saturated rings. The molecule has 0 spiro atoms. The largest absolute Gasteiger partial charge is 0.353 e. The standard InChI is InChI=1S/C27H38N2O/c1-17-21-8-7-20-23-10-9-22(19-6-5-15-28-16-19)27(23,4)13-11-24(20)26(21,3)14-12-25(17)29-18(2)30/h5-6,9,15-17,20-21,23-25H,7-8,10-14H2,1-4H3,(H,29,30)/t17?,20?,21?,23?,24?,25?,26-,27+/m0/s1. The van der Waals surface area contributed by atoms with Crippen molar-refractivity contribution in [3.8, 4) is 0 Å². The van der Waals surface area contributed by atoms with Gasteiger partial charge >= 0.3 is 0 Å². The number of hydrogen-bond acceptors (Lipinski definition) is 2. The van der Waals surface area contributed by atoms with Gasteiger partial charge < -0.3 is 5.32 Å². The molecule has 1 amide bonds. The molecule has 1 aromatic heterocycles. The monoisotopic (exact) mass is 406 g/mol. The minimum absolute atomic E-state index is 0.137. The second-order valence-electron chi connectivity index (χ2n) is 11.3. The van der Waals surface area contributed by atoms with Crippen LogP contribution in [0.25, 0.3) is 5.57 Å². The summed E-state index contributed by atoms with van der Waals surface area (Å²) in [6.45, 7) is 9.24. The van der Waals surface area contributed by atoms with Gasteiger partial charge in [-0.25, -0.2) is 0 Å². The third-order valence-electron chi connectivity index (χ3n) is 10.1. The molecule has 4 aliphatic rings. The maximum atomic E-state index is 11.7. The van der Waals surface area contributed by atoms with Crippen molar-refractivity contribution >= 4 is 11.5 Å². The first-order valence-electron chi connectivity index (χ1n) is 12.2. The predicted octanol–water partition coefficient (Wildman–Crippen LogP) is 5.87. The summed E-state index contributed by atoms with van der Waals surface area (Å²) in [6.07, 6.45) is 15.6. The Morgan fingerprint density at radius 3 is 2.67 bits per heavy atom. The normalized spacial score (nSPS) is 45.0. The number of carbonyl (C=O) groups excluding carboxylic acids is 1. The van der Waals surface area contributed by atoms with Gasteiger partial charge in [-0.15, -0.1) is 0 Å². The fourth-order valence-corrected chi connectivity index (χ4v) is 8.73. The first-order chi connectivity index (χ1) is 14.3. The summed E-state index contributed by atoms with van der Waals surface area (Å²) in [5.41, 5.74) is 3.65. The van der Waals surface area contributed by atoms with Crippen molar-refractivity contribution in [1.82, 2.24) is 10.3 Å². The molecule has 5 rings (SSSR count). The van der Waals surface area contributed by atoms with E-state index in [1.165, 1.54) is 44.1 Å². The molecule has 3 nitrogen and oxygen atoms in total. The smallest absolute Gasteiger partial charge is 0.217 e. The van der Waals surface area contributed by atoms with Gasteiger partial charge in [0, 0.05) is 25.4 Å². The minimum atomic E-state index is 0.137. The Balaban J connectivity index is 1.39. The molecule has 6 unspecified atom stereocenters. The number of carbonyl (C=O) groups is 1. The highest BCUT2D eigenvalue weighted by atomic mass is 16.1. The molecule has 0 radical (unpaired) electrons. The van der Waals surface area contributed by atoms with Gasteiger partial charge in [0.15, 0.2) is 0 Å². The number of amides is 1. The minimum Gasteiger partial charge on any atom is -0.353 e. The Bertz CT molecular complexity index is 848. The summed E-state index contributed by atoms with van der Waals surface area (Å²) in [5, 5.41) is 3.27. The van der Waals surface area contributed by atoms with Gasteiger partial charge in [0.05, 0.1) is 0 Å². The van der Waals surface area contributed by atoms with Crippen LogP contribution in [-0.2, 0) is 4.79 Å². The molecule has 3 heteroatoms. The van der Waals surface area contributed by atoms with Crippen LogP contribution in [0.2, 0.25) is 0 Å². The Labute approximate surface area is 182 Å². The van der Waals surface area contributed by atoms with Crippen LogP contribution in [0, 0.1) is 40.4 Å². The fourth-order valence-electron chi connectivity index (χ4n) is 8.73. The molecule has 8 atom stereocenters. The summed E-state index contributed by atoms with van der Waals surface area (Å²) in [6, 6.07) is 4.71. The molecule has 0 bridgehead atoms. The van der Waals surface area contributed by atoms with Gasteiger partial charge in [0.2, 0.25) is 5.91 Å². The van der Waals surface area contributed by atoms with E-state index >= 15 is 0 Å². The maximum Gasteiger partial charge on any atom is 0.217 e. The molecule has 1 heterocycles. The average molecular weight is 407 g/mol. The van der Waals surface area contributed by atoms with E-state index in [4.69, 9.17) is 0 Å². The van der Waals surface area contributed by atoms with Crippen LogP contribution in [0.4, 0.5) is 0 Å². The van der Waals surface area contributed by atoms with Crippen LogP contribution in [0.3, 0.4) is 0 Å². The van der Waals surface area contributed by atoms with Gasteiger partial charge in [-0.05, 0) is 103 Å². The van der Waals surface area contributed by atoms with Crippen molar-refractivity contribution in [3.63, 3.8) is 0 Å². The van der Waals surface area contributed by atoms with Crippen LogP contribution in [-0.4, -0.2) is 16.9 Å². The van der Waals surface area contributed by atoms with Crippen LogP contribution in [0.5, 0.6) is 0 Å². The number of fused-ring (bicyclic) bond motifs is 5. The summed E-state index contributed by atoms with van der Waals surface area (Å²) in [4.78, 5) is 16.1. The average Bonchev–Trinajstić information content (AvgIpc) is 3.08. The second kappa shape index (κ2) is 7.21. The molecule has 30 heavy (non-hydrogen) atoms. The summed E-state index contributed by atoms with van der Waals surface area (Å²) in [5.74, 6) is 3.96. The number of aromatic nitrogens is 1. The van der Waals surface area contributed by atoms with E-state index in [-0.39, 0.29) is 5.91 Å².